The van der Waals surface area contributed by atoms with E-state index in [9.17, 15) is 0 Å². The minimum atomic E-state index is -0.0979. The van der Waals surface area contributed by atoms with Crippen LogP contribution in [0.3, 0.4) is 0 Å². The highest BCUT2D eigenvalue weighted by atomic mass is 15.2. The number of rotatable bonds is 9. The topological polar surface area (TPSA) is 21.3 Å². The summed E-state index contributed by atoms with van der Waals surface area (Å²) in [5, 5.41) is 7.61. The first kappa shape index (κ1) is 46.5. The first-order valence-corrected chi connectivity index (χ1v) is 28.6. The fourth-order valence-corrected chi connectivity index (χ4v) is 14.5. The SMILES string of the molecule is CC1(C)c2ccccc2-c2cc(N(c3ccc4c(c3)c3ccccc3n4-c3ccccc3)c3ccc4c(c3)c3ccccc3n4C3CCCCC3n3c4ccccc4c4cc(N(c5ccccc5)c5ccccc5)ccc43)ccc21. The number of hydrogen-bond acceptors (Lipinski definition) is 2. The van der Waals surface area contributed by atoms with Gasteiger partial charge in [0.25, 0.3) is 0 Å². The van der Waals surface area contributed by atoms with Gasteiger partial charge in [0.05, 0.1) is 23.1 Å². The van der Waals surface area contributed by atoms with Crippen LogP contribution in [0.2, 0.25) is 0 Å². The van der Waals surface area contributed by atoms with E-state index in [4.69, 9.17) is 0 Å². The van der Waals surface area contributed by atoms with Crippen LogP contribution in [0.1, 0.15) is 62.7 Å². The van der Waals surface area contributed by atoms with Crippen molar-refractivity contribution in [1.29, 1.82) is 0 Å². The van der Waals surface area contributed by atoms with Crippen molar-refractivity contribution in [2.24, 2.45) is 0 Å². The first-order valence-electron chi connectivity index (χ1n) is 28.6. The quantitative estimate of drug-likeness (QED) is 0.144. The van der Waals surface area contributed by atoms with E-state index in [2.05, 4.69) is 298 Å². The monoisotopic (exact) mass is 1030 g/mol. The van der Waals surface area contributed by atoms with E-state index >= 15 is 0 Å². The third kappa shape index (κ3) is 7.09. The van der Waals surface area contributed by atoms with Gasteiger partial charge < -0.3 is 23.5 Å². The van der Waals surface area contributed by atoms with Gasteiger partial charge in [-0.3, -0.25) is 0 Å². The second-order valence-electron chi connectivity index (χ2n) is 22.7. The van der Waals surface area contributed by atoms with Gasteiger partial charge in [0.15, 0.2) is 0 Å². The van der Waals surface area contributed by atoms with Gasteiger partial charge in [-0.1, -0.05) is 166 Å². The highest BCUT2D eigenvalue weighted by Crippen LogP contribution is 2.53. The summed E-state index contributed by atoms with van der Waals surface area (Å²) in [4.78, 5) is 4.90. The summed E-state index contributed by atoms with van der Waals surface area (Å²) in [5.74, 6) is 0. The molecule has 0 amide bonds. The summed E-state index contributed by atoms with van der Waals surface area (Å²) in [6.45, 7) is 4.74. The maximum atomic E-state index is 2.74. The lowest BCUT2D eigenvalue weighted by Gasteiger charge is -2.36. The molecule has 3 heterocycles. The number of nitrogens with zero attached hydrogens (tertiary/aromatic N) is 5. The van der Waals surface area contributed by atoms with Gasteiger partial charge in [-0.05, 0) is 156 Å². The van der Waals surface area contributed by atoms with E-state index < -0.39 is 0 Å². The van der Waals surface area contributed by atoms with Crippen LogP contribution in [-0.2, 0) is 5.41 Å². The van der Waals surface area contributed by atoms with Crippen LogP contribution < -0.4 is 9.80 Å². The van der Waals surface area contributed by atoms with Gasteiger partial charge in [0.1, 0.15) is 0 Å². The predicted molar refractivity (Wildman–Crippen MR) is 337 cm³/mol. The van der Waals surface area contributed by atoms with E-state index in [1.165, 1.54) is 101 Å². The summed E-state index contributed by atoms with van der Waals surface area (Å²) < 4.78 is 7.88. The maximum absolute atomic E-state index is 2.74. The molecule has 2 unspecified atom stereocenters. The van der Waals surface area contributed by atoms with Gasteiger partial charge >= 0.3 is 0 Å². The maximum Gasteiger partial charge on any atom is 0.0550 e. The van der Waals surface area contributed by atoms with Gasteiger partial charge in [0, 0.05) is 99.6 Å². The third-order valence-corrected chi connectivity index (χ3v) is 18.0. The minimum absolute atomic E-state index is 0.0979. The van der Waals surface area contributed by atoms with E-state index in [0.717, 1.165) is 52.7 Å². The largest absolute Gasteiger partial charge is 0.335 e. The van der Waals surface area contributed by atoms with Crippen LogP contribution in [-0.4, -0.2) is 13.7 Å². The third-order valence-electron chi connectivity index (χ3n) is 18.0. The Balaban J connectivity index is 0.869. The molecule has 5 nitrogen and oxygen atoms in total. The van der Waals surface area contributed by atoms with Crippen LogP contribution in [0.4, 0.5) is 34.1 Å². The minimum Gasteiger partial charge on any atom is -0.335 e. The summed E-state index contributed by atoms with van der Waals surface area (Å²) in [6.07, 6.45) is 4.57. The smallest absolute Gasteiger partial charge is 0.0550 e. The lowest BCUT2D eigenvalue weighted by atomic mass is 9.82. The zero-order valence-electron chi connectivity index (χ0n) is 45.0. The van der Waals surface area contributed by atoms with Crippen molar-refractivity contribution in [3.8, 4) is 16.8 Å². The molecular formula is C75H59N5. The molecule has 0 saturated heterocycles. The molecule has 16 rings (SSSR count). The number of benzene rings is 11. The average molecular weight is 1030 g/mol. The summed E-state index contributed by atoms with van der Waals surface area (Å²) >= 11 is 0. The Labute approximate surface area is 466 Å². The average Bonchev–Trinajstić information content (AvgIpc) is 4.27. The standard InChI is InChI=1S/C75H59N5/c1-75(2)65-32-16-12-28-57(65)61-46-53(38-42-66(61)75)77(55-39-43-70-62(48-55)58-29-13-17-33-67(58)78(70)52-26-10-5-11-27-52)56-41-45-72-64(49-56)60-31-15-19-35-69(60)80(72)74-37-21-20-36-73(74)79-68-34-18-14-30-59(68)63-47-54(40-44-71(63)79)76(50-22-6-3-7-23-50)51-24-8-4-9-25-51/h3-19,22-35,38-49,73-74H,20-21,36-37H2,1-2H3. The molecule has 1 saturated carbocycles. The van der Waals surface area contributed by atoms with E-state index in [0.29, 0.717) is 0 Å². The Hall–Kier alpha value is -9.58. The Kier molecular flexibility index (Phi) is 10.6. The van der Waals surface area contributed by atoms with E-state index in [-0.39, 0.29) is 17.5 Å². The highest BCUT2D eigenvalue weighted by Gasteiger charge is 2.37. The molecule has 5 heteroatoms. The highest BCUT2D eigenvalue weighted by molar-refractivity contribution is 6.13. The molecule has 0 aliphatic heterocycles. The molecule has 384 valence electrons. The number of fused-ring (bicyclic) bond motifs is 12. The Bertz CT molecular complexity index is 4680. The van der Waals surface area contributed by atoms with Crippen molar-refractivity contribution in [2.45, 2.75) is 57.0 Å². The fourth-order valence-electron chi connectivity index (χ4n) is 14.5. The van der Waals surface area contributed by atoms with Crippen molar-refractivity contribution in [1.82, 2.24) is 13.7 Å². The molecule has 11 aromatic carbocycles. The van der Waals surface area contributed by atoms with Crippen molar-refractivity contribution < 1.29 is 0 Å². The van der Waals surface area contributed by atoms with Gasteiger partial charge in [-0.2, -0.15) is 0 Å². The molecule has 2 atom stereocenters. The van der Waals surface area contributed by atoms with E-state index in [1.54, 1.807) is 0 Å². The molecule has 14 aromatic rings. The number of hydrogen-bond donors (Lipinski definition) is 0. The number of para-hydroxylation sites is 6. The van der Waals surface area contributed by atoms with Crippen LogP contribution in [0.5, 0.6) is 0 Å². The molecule has 2 aliphatic carbocycles. The van der Waals surface area contributed by atoms with Crippen LogP contribution in [0.15, 0.2) is 261 Å². The number of aromatic nitrogens is 3. The predicted octanol–water partition coefficient (Wildman–Crippen LogP) is 20.6. The summed E-state index contributed by atoms with van der Waals surface area (Å²) in [5.41, 5.74) is 20.8. The van der Waals surface area contributed by atoms with Crippen molar-refractivity contribution in [2.75, 3.05) is 9.80 Å². The van der Waals surface area contributed by atoms with Crippen molar-refractivity contribution >= 4 is 99.5 Å². The molecule has 80 heavy (non-hydrogen) atoms. The summed E-state index contributed by atoms with van der Waals surface area (Å²) in [7, 11) is 0. The summed E-state index contributed by atoms with van der Waals surface area (Å²) in [6, 6.07) is 97.7. The Morgan fingerprint density at radius 3 is 1.25 bits per heavy atom. The molecule has 0 spiro atoms. The van der Waals surface area contributed by atoms with Gasteiger partial charge in [0.2, 0.25) is 0 Å². The lowest BCUT2D eigenvalue weighted by molar-refractivity contribution is 0.259. The molecule has 0 bridgehead atoms. The fraction of sp³-hybridized carbons (Fsp3) is 0.120. The first-order chi connectivity index (χ1) is 39.5. The molecule has 0 N–H and O–H groups in total. The molecule has 3 aromatic heterocycles. The van der Waals surface area contributed by atoms with Crippen molar-refractivity contribution in [3.05, 3.63) is 272 Å². The van der Waals surface area contributed by atoms with Crippen LogP contribution in [0.25, 0.3) is 82.2 Å². The van der Waals surface area contributed by atoms with Gasteiger partial charge in [-0.15, -0.1) is 0 Å². The molecule has 2 aliphatic rings. The van der Waals surface area contributed by atoms with E-state index in [1.807, 2.05) is 0 Å². The molecule has 0 radical (unpaired) electrons. The number of anilines is 6. The van der Waals surface area contributed by atoms with Crippen molar-refractivity contribution in [3.63, 3.8) is 0 Å². The van der Waals surface area contributed by atoms with Crippen LogP contribution >= 0.6 is 0 Å². The van der Waals surface area contributed by atoms with Crippen LogP contribution in [0, 0.1) is 0 Å². The Morgan fingerprint density at radius 1 is 0.312 bits per heavy atom. The molecule has 1 fully saturated rings. The lowest BCUT2D eigenvalue weighted by Crippen LogP contribution is -2.26. The Morgan fingerprint density at radius 2 is 0.688 bits per heavy atom. The van der Waals surface area contributed by atoms with Gasteiger partial charge in [-0.25, -0.2) is 0 Å². The molecular weight excluding hydrogens is 971 g/mol. The normalized spacial score (nSPS) is 15.8. The zero-order valence-corrected chi connectivity index (χ0v) is 45.0. The second-order valence-corrected chi connectivity index (χ2v) is 22.7. The second kappa shape index (κ2) is 18.3. The zero-order chi connectivity index (χ0) is 53.1.